The van der Waals surface area contributed by atoms with Crippen molar-refractivity contribution in [2.75, 3.05) is 0 Å². The lowest BCUT2D eigenvalue weighted by Crippen LogP contribution is -2.46. The summed E-state index contributed by atoms with van der Waals surface area (Å²) in [5.41, 5.74) is 0.404. The summed E-state index contributed by atoms with van der Waals surface area (Å²) in [7, 11) is -1.80. The first-order valence-corrected chi connectivity index (χ1v) is 8.04. The normalized spacial score (nSPS) is 12.9. The molecular weight excluding hydrogens is 206 g/mol. The third-order valence-corrected chi connectivity index (χ3v) is 8.67. The molecule has 0 saturated carbocycles. The Labute approximate surface area is 91.8 Å². The second kappa shape index (κ2) is 3.52. The first kappa shape index (κ1) is 12.0. The molecule has 15 heavy (non-hydrogen) atoms. The van der Waals surface area contributed by atoms with Crippen LogP contribution in [0.4, 0.5) is 0 Å². The lowest BCUT2D eigenvalue weighted by Gasteiger charge is -2.38. The van der Waals surface area contributed by atoms with Crippen molar-refractivity contribution in [1.82, 2.24) is 4.23 Å². The standard InChI is InChI=1S/C11H19NO2Si/c1-11(2,3)15(4,5)12-8-6-7-9(12)10(13)14/h6-8H,1-5H3,(H,13,14). The first-order valence-electron chi connectivity index (χ1n) is 5.09. The number of aromatic nitrogens is 1. The van der Waals surface area contributed by atoms with Gasteiger partial charge in [0.05, 0.1) is 0 Å². The van der Waals surface area contributed by atoms with Crippen molar-refractivity contribution in [3.8, 4) is 0 Å². The molecule has 1 aromatic heterocycles. The highest BCUT2D eigenvalue weighted by molar-refractivity contribution is 6.78. The van der Waals surface area contributed by atoms with Crippen molar-refractivity contribution < 1.29 is 9.90 Å². The summed E-state index contributed by atoms with van der Waals surface area (Å²) >= 11 is 0. The van der Waals surface area contributed by atoms with Crippen LogP contribution in [0, 0.1) is 0 Å². The van der Waals surface area contributed by atoms with Gasteiger partial charge in [0.2, 0.25) is 0 Å². The highest BCUT2D eigenvalue weighted by atomic mass is 28.3. The number of carboxylic acid groups (broad SMARTS) is 1. The summed E-state index contributed by atoms with van der Waals surface area (Å²) in [5, 5.41) is 9.22. The van der Waals surface area contributed by atoms with Crippen LogP contribution in [-0.4, -0.2) is 23.5 Å². The van der Waals surface area contributed by atoms with Crippen LogP contribution < -0.4 is 0 Å². The molecule has 1 aromatic rings. The van der Waals surface area contributed by atoms with Crippen molar-refractivity contribution in [1.29, 1.82) is 0 Å². The Bertz CT molecular complexity index is 374. The molecule has 0 spiro atoms. The average Bonchev–Trinajstić information content (AvgIpc) is 2.48. The smallest absolute Gasteiger partial charge is 0.351 e. The molecule has 0 aliphatic carbocycles. The van der Waals surface area contributed by atoms with Crippen LogP contribution in [0.2, 0.25) is 18.1 Å². The van der Waals surface area contributed by atoms with E-state index >= 15 is 0 Å². The van der Waals surface area contributed by atoms with Gasteiger partial charge in [0.1, 0.15) is 5.69 Å². The van der Waals surface area contributed by atoms with Crippen molar-refractivity contribution >= 4 is 14.2 Å². The van der Waals surface area contributed by atoms with Crippen LogP contribution in [0.25, 0.3) is 0 Å². The molecule has 1 N–H and O–H groups in total. The molecule has 0 aromatic carbocycles. The second-order valence-corrected chi connectivity index (χ2v) is 10.5. The summed E-state index contributed by atoms with van der Waals surface area (Å²) in [5.74, 6) is -0.843. The second-order valence-electron chi connectivity index (χ2n) is 5.38. The van der Waals surface area contributed by atoms with Gasteiger partial charge in [-0.25, -0.2) is 4.79 Å². The van der Waals surface area contributed by atoms with E-state index in [0.717, 1.165) is 0 Å². The van der Waals surface area contributed by atoms with Crippen LogP contribution >= 0.6 is 0 Å². The Hall–Kier alpha value is -1.03. The fourth-order valence-electron chi connectivity index (χ4n) is 1.40. The molecule has 3 nitrogen and oxygen atoms in total. The van der Waals surface area contributed by atoms with Crippen molar-refractivity contribution in [2.45, 2.75) is 38.9 Å². The lowest BCUT2D eigenvalue weighted by molar-refractivity contribution is 0.0689. The van der Waals surface area contributed by atoms with Gasteiger partial charge in [-0.1, -0.05) is 33.9 Å². The number of rotatable bonds is 2. The Morgan fingerprint density at radius 1 is 1.40 bits per heavy atom. The molecule has 0 bridgehead atoms. The van der Waals surface area contributed by atoms with E-state index in [1.54, 1.807) is 6.07 Å². The summed E-state index contributed by atoms with van der Waals surface area (Å²) < 4.78 is 1.97. The molecule has 4 heteroatoms. The zero-order valence-corrected chi connectivity index (χ0v) is 11.0. The average molecular weight is 225 g/mol. The van der Waals surface area contributed by atoms with E-state index < -0.39 is 14.2 Å². The number of carbonyl (C=O) groups is 1. The molecule has 0 atom stereocenters. The minimum absolute atomic E-state index is 0.135. The molecule has 1 rings (SSSR count). The van der Waals surface area contributed by atoms with Crippen molar-refractivity contribution in [3.05, 3.63) is 24.0 Å². The van der Waals surface area contributed by atoms with Gasteiger partial charge in [0.15, 0.2) is 8.24 Å². The van der Waals surface area contributed by atoms with E-state index in [-0.39, 0.29) is 5.04 Å². The summed E-state index contributed by atoms with van der Waals surface area (Å²) in [4.78, 5) is 11.1. The van der Waals surface area contributed by atoms with Crippen LogP contribution in [0.5, 0.6) is 0 Å². The predicted molar refractivity (Wildman–Crippen MR) is 64.0 cm³/mol. The Morgan fingerprint density at radius 3 is 2.33 bits per heavy atom. The van der Waals surface area contributed by atoms with Gasteiger partial charge in [0.25, 0.3) is 0 Å². The minimum atomic E-state index is -1.80. The maximum atomic E-state index is 11.1. The van der Waals surface area contributed by atoms with Gasteiger partial charge in [-0.2, -0.15) is 0 Å². The Balaban J connectivity index is 3.27. The van der Waals surface area contributed by atoms with Gasteiger partial charge >= 0.3 is 5.97 Å². The maximum Gasteiger partial charge on any atom is 0.351 e. The minimum Gasteiger partial charge on any atom is -0.477 e. The maximum absolute atomic E-state index is 11.1. The van der Waals surface area contributed by atoms with E-state index in [1.165, 1.54) is 0 Å². The highest BCUT2D eigenvalue weighted by Crippen LogP contribution is 2.37. The van der Waals surface area contributed by atoms with Crippen LogP contribution in [0.1, 0.15) is 31.3 Å². The fraction of sp³-hybridized carbons (Fsp3) is 0.545. The molecular formula is C11H19NO2Si. The molecule has 0 aliphatic rings. The molecule has 0 aliphatic heterocycles. The Morgan fingerprint density at radius 2 is 1.93 bits per heavy atom. The third kappa shape index (κ3) is 1.99. The van der Waals surface area contributed by atoms with Crippen LogP contribution in [0.15, 0.2) is 18.3 Å². The summed E-state index contributed by atoms with van der Waals surface area (Å²) in [6.45, 7) is 10.9. The lowest BCUT2D eigenvalue weighted by atomic mass is 10.2. The van der Waals surface area contributed by atoms with Gasteiger partial charge in [-0.05, 0) is 23.4 Å². The van der Waals surface area contributed by atoms with Crippen LogP contribution in [-0.2, 0) is 0 Å². The topological polar surface area (TPSA) is 42.2 Å². The molecule has 1 heterocycles. The van der Waals surface area contributed by atoms with Crippen LogP contribution in [0.3, 0.4) is 0 Å². The number of aromatic carboxylic acids is 1. The van der Waals surface area contributed by atoms with E-state index in [9.17, 15) is 4.79 Å². The molecule has 0 radical (unpaired) electrons. The largest absolute Gasteiger partial charge is 0.477 e. The van der Waals surface area contributed by atoms with E-state index in [4.69, 9.17) is 5.11 Å². The monoisotopic (exact) mass is 225 g/mol. The molecule has 0 saturated heterocycles. The van der Waals surface area contributed by atoms with Crippen molar-refractivity contribution in [2.24, 2.45) is 0 Å². The van der Waals surface area contributed by atoms with E-state index in [0.29, 0.717) is 5.69 Å². The zero-order chi connectivity index (χ0) is 11.9. The molecule has 0 amide bonds. The van der Waals surface area contributed by atoms with E-state index in [2.05, 4.69) is 33.9 Å². The number of hydrogen-bond donors (Lipinski definition) is 1. The number of hydrogen-bond acceptors (Lipinski definition) is 1. The molecule has 0 fully saturated rings. The predicted octanol–water partition coefficient (Wildman–Crippen LogP) is 3.04. The Kier molecular flexibility index (Phi) is 2.83. The van der Waals surface area contributed by atoms with Crippen molar-refractivity contribution in [3.63, 3.8) is 0 Å². The quantitative estimate of drug-likeness (QED) is 0.786. The third-order valence-electron chi connectivity index (χ3n) is 3.41. The SMILES string of the molecule is CC(C)(C)[Si](C)(C)n1cccc1C(=O)O. The van der Waals surface area contributed by atoms with E-state index in [1.807, 2.05) is 16.5 Å². The van der Waals surface area contributed by atoms with Gasteiger partial charge in [-0.15, -0.1) is 0 Å². The first-order chi connectivity index (χ1) is 6.68. The van der Waals surface area contributed by atoms with Gasteiger partial charge < -0.3 is 9.34 Å². The summed E-state index contributed by atoms with van der Waals surface area (Å²) in [6, 6.07) is 3.48. The highest BCUT2D eigenvalue weighted by Gasteiger charge is 2.39. The van der Waals surface area contributed by atoms with Gasteiger partial charge in [-0.3, -0.25) is 0 Å². The summed E-state index contributed by atoms with van der Waals surface area (Å²) in [6.07, 6.45) is 1.89. The molecule has 84 valence electrons. The zero-order valence-electron chi connectivity index (χ0n) is 10.0. The fourth-order valence-corrected chi connectivity index (χ4v) is 3.36. The van der Waals surface area contributed by atoms with Gasteiger partial charge in [0, 0.05) is 0 Å². The number of nitrogens with zero attached hydrogens (tertiary/aromatic N) is 1. The number of carboxylic acids is 1. The molecule has 0 unspecified atom stereocenters.